The summed E-state index contributed by atoms with van der Waals surface area (Å²) in [5.74, 6) is -1.83. The molecule has 1 amide bonds. The Morgan fingerprint density at radius 3 is 2.86 bits per heavy atom. The molecular formula is C13H16BNO6. The van der Waals surface area contributed by atoms with Crippen LogP contribution >= 0.6 is 0 Å². The number of amides is 1. The van der Waals surface area contributed by atoms with Gasteiger partial charge in [0.05, 0.1) is 12.5 Å². The average Bonchev–Trinajstić information content (AvgIpc) is 2.39. The highest BCUT2D eigenvalue weighted by atomic mass is 16.5. The lowest BCUT2D eigenvalue weighted by molar-refractivity contribution is -0.119. The molecule has 112 valence electrons. The first-order valence-electron chi connectivity index (χ1n) is 6.57. The second kappa shape index (κ2) is 6.05. The third kappa shape index (κ3) is 3.10. The maximum Gasteiger partial charge on any atom is 0.547 e. The van der Waals surface area contributed by atoms with Crippen molar-refractivity contribution in [3.63, 3.8) is 0 Å². The number of carbonyl (C=O) groups is 2. The van der Waals surface area contributed by atoms with E-state index in [0.29, 0.717) is 5.56 Å². The van der Waals surface area contributed by atoms with Gasteiger partial charge in [-0.1, -0.05) is 6.07 Å². The number of hydrogen-bond acceptors (Lipinski definition) is 6. The molecule has 3 N–H and O–H groups in total. The molecular weight excluding hydrogens is 277 g/mol. The second-order valence-corrected chi connectivity index (χ2v) is 4.69. The normalized spacial score (nSPS) is 16.7. The highest BCUT2D eigenvalue weighted by Crippen LogP contribution is 2.36. The molecule has 0 aromatic heterocycles. The maximum absolute atomic E-state index is 11.9. The third-order valence-electron chi connectivity index (χ3n) is 3.11. The van der Waals surface area contributed by atoms with Crippen LogP contribution < -0.4 is 9.97 Å². The molecule has 0 saturated heterocycles. The first-order valence-corrected chi connectivity index (χ1v) is 6.57. The zero-order chi connectivity index (χ0) is 15.6. The molecule has 0 spiro atoms. The molecule has 8 heteroatoms. The lowest BCUT2D eigenvalue weighted by Crippen LogP contribution is -2.52. The standard InChI is InChI=1S/C13H16BNO6/c1-3-20-13(18)11-9(17)5-4-8-6-10(15-7(2)16)14(19)21-12(8)11/h4-5,10,17,19H,3,6H2,1-2H3,(H,15,16). The fourth-order valence-electron chi connectivity index (χ4n) is 2.24. The van der Waals surface area contributed by atoms with Crippen LogP contribution in [0.15, 0.2) is 12.1 Å². The Bertz CT molecular complexity index is 576. The molecule has 1 atom stereocenters. The van der Waals surface area contributed by atoms with Crippen LogP contribution in [0.3, 0.4) is 0 Å². The number of benzene rings is 1. The number of nitrogens with one attached hydrogen (secondary N) is 1. The van der Waals surface area contributed by atoms with Gasteiger partial charge in [0, 0.05) is 6.92 Å². The van der Waals surface area contributed by atoms with Gasteiger partial charge in [-0.05, 0) is 25.0 Å². The number of hydrogen-bond donors (Lipinski definition) is 3. The van der Waals surface area contributed by atoms with E-state index in [1.165, 1.54) is 13.0 Å². The largest absolute Gasteiger partial charge is 0.547 e. The van der Waals surface area contributed by atoms with Crippen molar-refractivity contribution in [2.75, 3.05) is 6.61 Å². The van der Waals surface area contributed by atoms with Crippen molar-refractivity contribution >= 4 is 19.0 Å². The monoisotopic (exact) mass is 293 g/mol. The van der Waals surface area contributed by atoms with Gasteiger partial charge in [0.2, 0.25) is 5.91 Å². The van der Waals surface area contributed by atoms with Crippen LogP contribution in [0.2, 0.25) is 0 Å². The summed E-state index contributed by atoms with van der Waals surface area (Å²) in [5, 5.41) is 22.3. The average molecular weight is 293 g/mol. The van der Waals surface area contributed by atoms with E-state index in [4.69, 9.17) is 9.39 Å². The van der Waals surface area contributed by atoms with E-state index in [0.717, 1.165) is 0 Å². The highest BCUT2D eigenvalue weighted by molar-refractivity contribution is 6.47. The molecule has 1 heterocycles. The smallest absolute Gasteiger partial charge is 0.534 e. The number of ether oxygens (including phenoxy) is 1. The van der Waals surface area contributed by atoms with E-state index in [-0.39, 0.29) is 36.0 Å². The minimum Gasteiger partial charge on any atom is -0.534 e. The number of carbonyl (C=O) groups excluding carboxylic acids is 2. The molecule has 0 bridgehead atoms. The van der Waals surface area contributed by atoms with Crippen LogP contribution in [-0.2, 0) is 16.0 Å². The lowest BCUT2D eigenvalue weighted by atomic mass is 9.72. The van der Waals surface area contributed by atoms with Crippen molar-refractivity contribution in [3.05, 3.63) is 23.3 Å². The summed E-state index contributed by atoms with van der Waals surface area (Å²) in [7, 11) is -1.31. The van der Waals surface area contributed by atoms with Gasteiger partial charge in [-0.25, -0.2) is 4.79 Å². The molecule has 0 radical (unpaired) electrons. The first-order chi connectivity index (χ1) is 9.93. The van der Waals surface area contributed by atoms with Gasteiger partial charge in [0.15, 0.2) is 0 Å². The Kier molecular flexibility index (Phi) is 4.37. The summed E-state index contributed by atoms with van der Waals surface area (Å²) in [6, 6.07) is 2.94. The van der Waals surface area contributed by atoms with Crippen LogP contribution in [0, 0.1) is 0 Å². The van der Waals surface area contributed by atoms with Crippen molar-refractivity contribution in [2.24, 2.45) is 0 Å². The summed E-state index contributed by atoms with van der Waals surface area (Å²) in [6.45, 7) is 3.13. The fourth-order valence-corrected chi connectivity index (χ4v) is 2.24. The van der Waals surface area contributed by atoms with Gasteiger partial charge in [0.25, 0.3) is 0 Å². The molecule has 21 heavy (non-hydrogen) atoms. The summed E-state index contributed by atoms with van der Waals surface area (Å²) in [4.78, 5) is 23.0. The van der Waals surface area contributed by atoms with Crippen LogP contribution in [0.1, 0.15) is 29.8 Å². The minimum absolute atomic E-state index is 0.0857. The molecule has 2 rings (SSSR count). The molecule has 1 unspecified atom stereocenters. The highest BCUT2D eigenvalue weighted by Gasteiger charge is 2.38. The van der Waals surface area contributed by atoms with Crippen molar-refractivity contribution in [2.45, 2.75) is 26.2 Å². The molecule has 1 aromatic carbocycles. The number of esters is 1. The Labute approximate surface area is 122 Å². The number of phenols is 1. The summed E-state index contributed by atoms with van der Waals surface area (Å²) in [6.07, 6.45) is 0.281. The Morgan fingerprint density at radius 2 is 2.24 bits per heavy atom. The Morgan fingerprint density at radius 1 is 1.52 bits per heavy atom. The molecule has 7 nitrogen and oxygen atoms in total. The third-order valence-corrected chi connectivity index (χ3v) is 3.11. The summed E-state index contributed by atoms with van der Waals surface area (Å²) in [5.41, 5.74) is 0.481. The van der Waals surface area contributed by atoms with Gasteiger partial charge in [-0.3, -0.25) is 4.79 Å². The minimum atomic E-state index is -1.31. The van der Waals surface area contributed by atoms with E-state index in [2.05, 4.69) is 5.32 Å². The zero-order valence-corrected chi connectivity index (χ0v) is 11.8. The van der Waals surface area contributed by atoms with Crippen molar-refractivity contribution in [3.8, 4) is 11.5 Å². The van der Waals surface area contributed by atoms with Gasteiger partial charge >= 0.3 is 13.1 Å². The summed E-state index contributed by atoms with van der Waals surface area (Å²) >= 11 is 0. The quantitative estimate of drug-likeness (QED) is 0.536. The number of phenolic OH excluding ortho intramolecular Hbond substituents is 1. The van der Waals surface area contributed by atoms with Crippen LogP contribution in [0.4, 0.5) is 0 Å². The topological polar surface area (TPSA) is 105 Å². The van der Waals surface area contributed by atoms with Gasteiger partial charge < -0.3 is 24.8 Å². The lowest BCUT2D eigenvalue weighted by Gasteiger charge is -2.29. The second-order valence-electron chi connectivity index (χ2n) is 4.69. The first kappa shape index (κ1) is 15.2. The van der Waals surface area contributed by atoms with Gasteiger partial charge in [-0.15, -0.1) is 0 Å². The number of aromatic hydroxyl groups is 1. The zero-order valence-electron chi connectivity index (χ0n) is 11.8. The van der Waals surface area contributed by atoms with Crippen molar-refractivity contribution in [1.29, 1.82) is 0 Å². The number of fused-ring (bicyclic) bond motifs is 1. The van der Waals surface area contributed by atoms with Gasteiger partial charge in [-0.2, -0.15) is 0 Å². The predicted octanol–water partition coefficient (Wildman–Crippen LogP) is 0.0282. The SMILES string of the molecule is CCOC(=O)c1c(O)ccc2c1OB(O)C(NC(C)=O)C2. The van der Waals surface area contributed by atoms with Crippen molar-refractivity contribution < 1.29 is 29.1 Å². The van der Waals surface area contributed by atoms with Crippen LogP contribution in [-0.4, -0.2) is 41.7 Å². The number of rotatable bonds is 3. The van der Waals surface area contributed by atoms with E-state index >= 15 is 0 Å². The Hall–Kier alpha value is -2.22. The molecule has 1 aliphatic heterocycles. The Balaban J connectivity index is 2.37. The summed E-state index contributed by atoms with van der Waals surface area (Å²) < 4.78 is 10.2. The molecule has 1 aliphatic rings. The molecule has 0 fully saturated rings. The predicted molar refractivity (Wildman–Crippen MR) is 74.0 cm³/mol. The maximum atomic E-state index is 11.9. The van der Waals surface area contributed by atoms with Crippen molar-refractivity contribution in [1.82, 2.24) is 5.32 Å². The molecule has 0 saturated carbocycles. The van der Waals surface area contributed by atoms with E-state index < -0.39 is 19.0 Å². The molecule has 0 aliphatic carbocycles. The van der Waals surface area contributed by atoms with E-state index in [9.17, 15) is 19.7 Å². The van der Waals surface area contributed by atoms with Crippen LogP contribution in [0.25, 0.3) is 0 Å². The van der Waals surface area contributed by atoms with E-state index in [1.54, 1.807) is 13.0 Å². The van der Waals surface area contributed by atoms with Crippen LogP contribution in [0.5, 0.6) is 11.5 Å². The molecule has 1 aromatic rings. The fraction of sp³-hybridized carbons (Fsp3) is 0.385. The van der Waals surface area contributed by atoms with Gasteiger partial charge in [0.1, 0.15) is 17.1 Å². The van der Waals surface area contributed by atoms with E-state index in [1.807, 2.05) is 0 Å².